The van der Waals surface area contributed by atoms with Gasteiger partial charge < -0.3 is 32.4 Å². The number of carbonyl (C=O) groups excluding carboxylic acids is 1. The van der Waals surface area contributed by atoms with Gasteiger partial charge in [0, 0.05) is 5.92 Å². The van der Waals surface area contributed by atoms with E-state index in [2.05, 4.69) is 49.1 Å². The fourth-order valence-electron chi connectivity index (χ4n) is 4.85. The highest BCUT2D eigenvalue weighted by atomic mass is 35.5. The number of aryl methyl sites for hydroxylation is 2. The summed E-state index contributed by atoms with van der Waals surface area (Å²) in [6.07, 6.45) is 4.06. The van der Waals surface area contributed by atoms with Crippen molar-refractivity contribution in [3.8, 4) is 22.6 Å². The maximum absolute atomic E-state index is 10.5. The molecule has 3 N–H and O–H groups in total. The minimum atomic E-state index is 0. The Labute approximate surface area is 263 Å². The molecule has 0 amide bonds. The number of carbonyl (C=O) groups is 1. The smallest absolute Gasteiger partial charge is 0.297 e. The Morgan fingerprint density at radius 1 is 0.881 bits per heavy atom. The highest BCUT2D eigenvalue weighted by Crippen LogP contribution is 2.34. The van der Waals surface area contributed by atoms with Crippen LogP contribution in [0.5, 0.6) is 11.5 Å². The van der Waals surface area contributed by atoms with Crippen molar-refractivity contribution in [1.82, 2.24) is 0 Å². The summed E-state index contributed by atoms with van der Waals surface area (Å²) in [5.41, 5.74) is 12.1. The minimum absolute atomic E-state index is 0. The molecule has 5 nitrogen and oxygen atoms in total. The van der Waals surface area contributed by atoms with Crippen LogP contribution < -0.4 is 27.6 Å². The minimum Gasteiger partial charge on any atom is -1.00 e. The molecule has 4 aromatic rings. The maximum Gasteiger partial charge on any atom is 0.297 e. The Bertz CT molecular complexity index is 1480. The van der Waals surface area contributed by atoms with Gasteiger partial charge in [0.15, 0.2) is 5.75 Å². The number of rotatable bonds is 13. The van der Waals surface area contributed by atoms with Crippen LogP contribution in [0.4, 0.5) is 0 Å². The fourth-order valence-corrected chi connectivity index (χ4v) is 5.56. The number of hydrogen-bond acceptors (Lipinski definition) is 4. The predicted octanol–water partition coefficient (Wildman–Crippen LogP) is 4.45. The van der Waals surface area contributed by atoms with Crippen LogP contribution in [0.15, 0.2) is 85.1 Å². The first-order valence-electron chi connectivity index (χ1n) is 13.4. The zero-order valence-corrected chi connectivity index (χ0v) is 25.9. The molecule has 4 rings (SSSR count). The maximum atomic E-state index is 10.5. The van der Waals surface area contributed by atoms with Gasteiger partial charge in [-0.25, -0.2) is 0 Å². The monoisotopic (exact) mass is 625 g/mol. The molecule has 0 aromatic heterocycles. The van der Waals surface area contributed by atoms with Gasteiger partial charge in [-0.05, 0) is 89.6 Å². The van der Waals surface area contributed by atoms with Crippen LogP contribution in [0, 0.1) is 13.8 Å². The molecular formula is C34H34Cl3NO4. The van der Waals surface area contributed by atoms with Gasteiger partial charge in [0.1, 0.15) is 19.0 Å². The van der Waals surface area contributed by atoms with Crippen molar-refractivity contribution in [1.29, 1.82) is 0 Å². The van der Waals surface area contributed by atoms with Gasteiger partial charge in [0.25, 0.3) is 6.47 Å². The standard InChI is InChI=1S/C34H33Cl2NO4.ClH/c1-23-17-32(35)34(33(36)18-23)41-16-15-40-29-10-7-25(8-11-29)20-28(21-37)30-12-9-27(19-24(30)2)31-6-4-3-5-26(31)13-14-39-22-38;/h3-14,17-19,22,28H,15-16,20-21,37H2,1-2H3;1H/b14-13+;. The summed E-state index contributed by atoms with van der Waals surface area (Å²) in [4.78, 5) is 10.5. The van der Waals surface area contributed by atoms with E-state index in [0.717, 1.165) is 41.0 Å². The van der Waals surface area contributed by atoms with E-state index in [9.17, 15) is 4.79 Å². The summed E-state index contributed by atoms with van der Waals surface area (Å²) in [6, 6.07) is 26.4. The molecule has 0 aliphatic heterocycles. The topological polar surface area (TPSA) is 72.4 Å². The van der Waals surface area contributed by atoms with Crippen molar-refractivity contribution in [2.75, 3.05) is 19.8 Å². The third kappa shape index (κ3) is 8.76. The first-order valence-corrected chi connectivity index (χ1v) is 14.2. The average molecular weight is 627 g/mol. The summed E-state index contributed by atoms with van der Waals surface area (Å²) in [6.45, 7) is 5.97. The largest absolute Gasteiger partial charge is 1.00 e. The molecule has 0 aliphatic carbocycles. The van der Waals surface area contributed by atoms with Crippen molar-refractivity contribution in [3.05, 3.63) is 123 Å². The van der Waals surface area contributed by atoms with Crippen LogP contribution >= 0.6 is 23.2 Å². The van der Waals surface area contributed by atoms with Crippen LogP contribution in [-0.4, -0.2) is 26.2 Å². The molecule has 0 heterocycles. The molecule has 8 heteroatoms. The van der Waals surface area contributed by atoms with E-state index in [1.54, 1.807) is 6.08 Å². The quantitative estimate of drug-likeness (QED) is 0.135. The van der Waals surface area contributed by atoms with Crippen LogP contribution in [0.25, 0.3) is 17.2 Å². The van der Waals surface area contributed by atoms with E-state index in [0.29, 0.717) is 35.5 Å². The second-order valence-electron chi connectivity index (χ2n) is 9.78. The summed E-state index contributed by atoms with van der Waals surface area (Å²) in [5, 5.41) is 0.986. The van der Waals surface area contributed by atoms with E-state index in [-0.39, 0.29) is 18.3 Å². The Hall–Kier alpha value is -3.48. The van der Waals surface area contributed by atoms with E-state index < -0.39 is 0 Å². The molecule has 0 radical (unpaired) electrons. The number of quaternary nitrogens is 1. The lowest BCUT2D eigenvalue weighted by Gasteiger charge is -2.18. The molecule has 0 saturated carbocycles. The van der Waals surface area contributed by atoms with E-state index in [1.807, 2.05) is 49.4 Å². The first-order chi connectivity index (χ1) is 19.9. The summed E-state index contributed by atoms with van der Waals surface area (Å²) in [5.74, 6) is 1.53. The zero-order chi connectivity index (χ0) is 29.2. The van der Waals surface area contributed by atoms with Gasteiger partial charge in [0.05, 0.1) is 22.9 Å². The summed E-state index contributed by atoms with van der Waals surface area (Å²) in [7, 11) is 0. The fraction of sp³-hybridized carbons (Fsp3) is 0.206. The summed E-state index contributed by atoms with van der Waals surface area (Å²) < 4.78 is 16.3. The van der Waals surface area contributed by atoms with Crippen LogP contribution in [0.1, 0.15) is 33.7 Å². The molecule has 1 unspecified atom stereocenters. The average Bonchev–Trinajstić information content (AvgIpc) is 2.96. The molecule has 1 atom stereocenters. The van der Waals surface area contributed by atoms with Crippen molar-refractivity contribution < 1.29 is 37.1 Å². The SMILES string of the molecule is Cc1cc(Cl)c(OCCOc2ccc(CC(C[NH3+])c3ccc(-c4ccccc4/C=C/OC=O)cc3C)cc2)c(Cl)c1.[Cl-]. The number of benzene rings is 4. The Kier molecular flexibility index (Phi) is 12.8. The van der Waals surface area contributed by atoms with Gasteiger partial charge in [-0.3, -0.25) is 4.79 Å². The third-order valence-electron chi connectivity index (χ3n) is 6.86. The van der Waals surface area contributed by atoms with Gasteiger partial charge >= 0.3 is 0 Å². The number of hydrogen-bond donors (Lipinski definition) is 1. The molecule has 4 aromatic carbocycles. The van der Waals surface area contributed by atoms with Crippen molar-refractivity contribution >= 4 is 35.8 Å². The number of ether oxygens (including phenoxy) is 3. The molecule has 42 heavy (non-hydrogen) atoms. The molecule has 0 saturated heterocycles. The highest BCUT2D eigenvalue weighted by Gasteiger charge is 2.16. The van der Waals surface area contributed by atoms with Gasteiger partial charge in [-0.2, -0.15) is 0 Å². The van der Waals surface area contributed by atoms with E-state index in [4.69, 9.17) is 37.4 Å². The predicted molar refractivity (Wildman–Crippen MR) is 166 cm³/mol. The molecule has 0 aliphatic rings. The Morgan fingerprint density at radius 2 is 1.57 bits per heavy atom. The molecule has 220 valence electrons. The number of halogens is 3. The van der Waals surface area contributed by atoms with Gasteiger partial charge in [-0.1, -0.05) is 77.8 Å². The molecule has 0 spiro atoms. The normalized spacial score (nSPS) is 11.5. The van der Waals surface area contributed by atoms with E-state index in [1.165, 1.54) is 23.0 Å². The second kappa shape index (κ2) is 16.2. The third-order valence-corrected chi connectivity index (χ3v) is 7.42. The van der Waals surface area contributed by atoms with Crippen LogP contribution in [0.3, 0.4) is 0 Å². The van der Waals surface area contributed by atoms with Crippen molar-refractivity contribution in [3.63, 3.8) is 0 Å². The van der Waals surface area contributed by atoms with Crippen molar-refractivity contribution in [2.45, 2.75) is 26.2 Å². The lowest BCUT2D eigenvalue weighted by Crippen LogP contribution is -3.00. The summed E-state index contributed by atoms with van der Waals surface area (Å²) >= 11 is 12.5. The lowest BCUT2D eigenvalue weighted by molar-refractivity contribution is -0.372. The Balaban J connectivity index is 0.00000484. The zero-order valence-electron chi connectivity index (χ0n) is 23.6. The van der Waals surface area contributed by atoms with Gasteiger partial charge in [-0.15, -0.1) is 0 Å². The lowest BCUT2D eigenvalue weighted by atomic mass is 9.87. The first kappa shape index (κ1) is 33.0. The van der Waals surface area contributed by atoms with Crippen molar-refractivity contribution in [2.24, 2.45) is 0 Å². The molecule has 0 bridgehead atoms. The van der Waals surface area contributed by atoms with Crippen LogP contribution in [0.2, 0.25) is 10.0 Å². The van der Waals surface area contributed by atoms with E-state index >= 15 is 0 Å². The van der Waals surface area contributed by atoms with Gasteiger partial charge in [0.2, 0.25) is 0 Å². The molecule has 0 fully saturated rings. The highest BCUT2D eigenvalue weighted by molar-refractivity contribution is 6.37. The Morgan fingerprint density at radius 3 is 2.24 bits per heavy atom. The second-order valence-corrected chi connectivity index (χ2v) is 10.6. The van der Waals surface area contributed by atoms with Crippen LogP contribution in [-0.2, 0) is 16.0 Å². The molecular weight excluding hydrogens is 593 g/mol.